The maximum absolute atomic E-state index is 11.9. The summed E-state index contributed by atoms with van der Waals surface area (Å²) in [6, 6.07) is 14.9. The molecule has 6 nitrogen and oxygen atoms in total. The molecule has 1 heterocycles. The molecule has 0 fully saturated rings. The molecule has 1 amide bonds. The minimum absolute atomic E-state index is 0.211. The van der Waals surface area contributed by atoms with Crippen LogP contribution in [0.3, 0.4) is 0 Å². The Balaban J connectivity index is 2.16. The van der Waals surface area contributed by atoms with E-state index in [2.05, 4.69) is 5.10 Å². The Morgan fingerprint density at radius 3 is 2.25 bits per heavy atom. The van der Waals surface area contributed by atoms with E-state index < -0.39 is 5.91 Å². The zero-order valence-electron chi connectivity index (χ0n) is 13.5. The predicted molar refractivity (Wildman–Crippen MR) is 93.2 cm³/mol. The van der Waals surface area contributed by atoms with Crippen molar-refractivity contribution in [2.24, 2.45) is 5.73 Å². The van der Waals surface area contributed by atoms with Crippen molar-refractivity contribution < 1.29 is 9.53 Å². The van der Waals surface area contributed by atoms with E-state index in [1.54, 1.807) is 19.2 Å². The van der Waals surface area contributed by atoms with Crippen LogP contribution in [0.5, 0.6) is 5.75 Å². The Morgan fingerprint density at radius 2 is 1.71 bits per heavy atom. The zero-order valence-corrected chi connectivity index (χ0v) is 13.5. The van der Waals surface area contributed by atoms with Crippen molar-refractivity contribution >= 4 is 11.7 Å². The number of methoxy groups -OCH3 is 1. The second kappa shape index (κ2) is 6.08. The summed E-state index contributed by atoms with van der Waals surface area (Å²) in [4.78, 5) is 11.9. The Morgan fingerprint density at radius 1 is 1.08 bits per heavy atom. The Bertz CT molecular complexity index is 881. The van der Waals surface area contributed by atoms with Crippen molar-refractivity contribution in [1.29, 1.82) is 0 Å². The smallest absolute Gasteiger partial charge is 0.254 e. The molecule has 0 spiro atoms. The lowest BCUT2D eigenvalue weighted by atomic mass is 10.1. The maximum atomic E-state index is 11.9. The molecule has 3 aromatic rings. The van der Waals surface area contributed by atoms with Gasteiger partial charge in [0, 0.05) is 5.56 Å². The number of anilines is 1. The highest BCUT2D eigenvalue weighted by molar-refractivity contribution is 6.03. The van der Waals surface area contributed by atoms with Gasteiger partial charge in [0.2, 0.25) is 0 Å². The lowest BCUT2D eigenvalue weighted by molar-refractivity contribution is 0.100. The quantitative estimate of drug-likeness (QED) is 0.771. The van der Waals surface area contributed by atoms with Gasteiger partial charge in [0.15, 0.2) is 0 Å². The normalized spacial score (nSPS) is 10.6. The number of nitrogen functional groups attached to an aromatic ring is 1. The molecule has 0 saturated carbocycles. The Kier molecular flexibility index (Phi) is 3.95. The lowest BCUT2D eigenvalue weighted by Gasteiger charge is -2.05. The third-order valence-corrected chi connectivity index (χ3v) is 3.81. The molecule has 0 aliphatic carbocycles. The summed E-state index contributed by atoms with van der Waals surface area (Å²) in [7, 11) is 1.60. The number of nitrogens with two attached hydrogens (primary N) is 2. The molecule has 0 atom stereocenters. The van der Waals surface area contributed by atoms with Crippen LogP contribution in [0.25, 0.3) is 16.9 Å². The van der Waals surface area contributed by atoms with Gasteiger partial charge < -0.3 is 16.2 Å². The van der Waals surface area contributed by atoms with Crippen molar-refractivity contribution in [2.75, 3.05) is 12.8 Å². The highest BCUT2D eigenvalue weighted by Crippen LogP contribution is 2.29. The highest BCUT2D eigenvalue weighted by atomic mass is 16.5. The molecule has 0 aliphatic heterocycles. The topological polar surface area (TPSA) is 96.2 Å². The van der Waals surface area contributed by atoms with Gasteiger partial charge in [0.25, 0.3) is 5.91 Å². The van der Waals surface area contributed by atoms with Crippen LogP contribution < -0.4 is 16.2 Å². The van der Waals surface area contributed by atoms with Gasteiger partial charge in [-0.1, -0.05) is 29.8 Å². The maximum Gasteiger partial charge on any atom is 0.254 e. The van der Waals surface area contributed by atoms with Crippen LogP contribution in [-0.2, 0) is 0 Å². The number of benzene rings is 2. The number of primary amides is 1. The summed E-state index contributed by atoms with van der Waals surface area (Å²) in [5, 5.41) is 4.51. The molecule has 2 aromatic carbocycles. The van der Waals surface area contributed by atoms with Crippen molar-refractivity contribution in [3.05, 3.63) is 59.7 Å². The molecule has 3 rings (SSSR count). The van der Waals surface area contributed by atoms with E-state index in [4.69, 9.17) is 16.2 Å². The van der Waals surface area contributed by atoms with E-state index in [9.17, 15) is 4.79 Å². The first-order chi connectivity index (χ1) is 11.5. The van der Waals surface area contributed by atoms with Gasteiger partial charge in [0.1, 0.15) is 22.8 Å². The van der Waals surface area contributed by atoms with Gasteiger partial charge in [0.05, 0.1) is 12.8 Å². The fourth-order valence-electron chi connectivity index (χ4n) is 2.51. The van der Waals surface area contributed by atoms with Gasteiger partial charge in [-0.3, -0.25) is 4.79 Å². The van der Waals surface area contributed by atoms with Crippen molar-refractivity contribution in [2.45, 2.75) is 6.92 Å². The summed E-state index contributed by atoms with van der Waals surface area (Å²) in [5.74, 6) is 0.324. The first-order valence-electron chi connectivity index (χ1n) is 7.41. The molecule has 24 heavy (non-hydrogen) atoms. The molecule has 4 N–H and O–H groups in total. The average molecular weight is 322 g/mol. The number of carbonyl (C=O) groups is 1. The van der Waals surface area contributed by atoms with Gasteiger partial charge in [-0.2, -0.15) is 5.10 Å². The van der Waals surface area contributed by atoms with Crippen LogP contribution >= 0.6 is 0 Å². The van der Waals surface area contributed by atoms with Gasteiger partial charge >= 0.3 is 0 Å². The van der Waals surface area contributed by atoms with Crippen LogP contribution in [-0.4, -0.2) is 22.8 Å². The number of carbonyl (C=O) groups excluding carboxylic acids is 1. The van der Waals surface area contributed by atoms with Crippen molar-refractivity contribution in [3.63, 3.8) is 0 Å². The number of aromatic nitrogens is 2. The SMILES string of the molecule is COc1ccc(-n2nc(-c3ccc(C)cc3)c(C(N)=O)c2N)cc1. The number of ether oxygens (including phenoxy) is 1. The first kappa shape index (κ1) is 15.6. The van der Waals surface area contributed by atoms with Crippen LogP contribution in [0, 0.1) is 6.92 Å². The van der Waals surface area contributed by atoms with Crippen LogP contribution in [0.1, 0.15) is 15.9 Å². The van der Waals surface area contributed by atoms with E-state index in [1.807, 2.05) is 43.3 Å². The molecule has 122 valence electrons. The molecular weight excluding hydrogens is 304 g/mol. The Hall–Kier alpha value is -3.28. The summed E-state index contributed by atoms with van der Waals surface area (Å²) in [5.41, 5.74) is 15.0. The van der Waals surface area contributed by atoms with E-state index in [1.165, 1.54) is 4.68 Å². The van der Waals surface area contributed by atoms with Gasteiger partial charge in [-0.05, 0) is 31.2 Å². The van der Waals surface area contributed by atoms with Crippen LogP contribution in [0.4, 0.5) is 5.82 Å². The summed E-state index contributed by atoms with van der Waals surface area (Å²) < 4.78 is 6.66. The molecule has 0 bridgehead atoms. The second-order valence-corrected chi connectivity index (χ2v) is 5.45. The third-order valence-electron chi connectivity index (χ3n) is 3.81. The monoisotopic (exact) mass is 322 g/mol. The molecular formula is C18H18N4O2. The number of aryl methyl sites for hydroxylation is 1. The summed E-state index contributed by atoms with van der Waals surface area (Å²) >= 11 is 0. The lowest BCUT2D eigenvalue weighted by Crippen LogP contribution is -2.14. The molecule has 1 aromatic heterocycles. The predicted octanol–water partition coefficient (Wildman–Crippen LogP) is 2.54. The van der Waals surface area contributed by atoms with Gasteiger partial charge in [-0.15, -0.1) is 0 Å². The number of rotatable bonds is 4. The zero-order chi connectivity index (χ0) is 17.3. The Labute approximate surface area is 139 Å². The van der Waals surface area contributed by atoms with Crippen LogP contribution in [0.2, 0.25) is 0 Å². The largest absolute Gasteiger partial charge is 0.497 e. The minimum Gasteiger partial charge on any atom is -0.497 e. The van der Waals surface area contributed by atoms with Crippen molar-refractivity contribution in [1.82, 2.24) is 9.78 Å². The van der Waals surface area contributed by atoms with Gasteiger partial charge in [-0.25, -0.2) is 4.68 Å². The number of amides is 1. The first-order valence-corrected chi connectivity index (χ1v) is 7.41. The molecule has 0 saturated heterocycles. The van der Waals surface area contributed by atoms with E-state index >= 15 is 0 Å². The minimum atomic E-state index is -0.608. The second-order valence-electron chi connectivity index (χ2n) is 5.45. The summed E-state index contributed by atoms with van der Waals surface area (Å²) in [6.07, 6.45) is 0. The third kappa shape index (κ3) is 2.69. The average Bonchev–Trinajstić information content (AvgIpc) is 2.93. The molecule has 6 heteroatoms. The van der Waals surface area contributed by atoms with E-state index in [-0.39, 0.29) is 11.4 Å². The molecule has 0 radical (unpaired) electrons. The van der Waals surface area contributed by atoms with E-state index in [0.717, 1.165) is 16.9 Å². The fraction of sp³-hybridized carbons (Fsp3) is 0.111. The standard InChI is InChI=1S/C18H18N4O2/c1-11-3-5-12(6-4-11)16-15(18(20)23)17(19)22(21-16)13-7-9-14(24-2)10-8-13/h3-10H,19H2,1-2H3,(H2,20,23). The summed E-state index contributed by atoms with van der Waals surface area (Å²) in [6.45, 7) is 1.99. The van der Waals surface area contributed by atoms with Crippen LogP contribution in [0.15, 0.2) is 48.5 Å². The number of hydrogen-bond donors (Lipinski definition) is 2. The molecule has 0 aliphatic rings. The fourth-order valence-corrected chi connectivity index (χ4v) is 2.51. The molecule has 0 unspecified atom stereocenters. The van der Waals surface area contributed by atoms with Crippen molar-refractivity contribution in [3.8, 4) is 22.7 Å². The number of hydrogen-bond acceptors (Lipinski definition) is 4. The van der Waals surface area contributed by atoms with E-state index in [0.29, 0.717) is 11.4 Å². The highest BCUT2D eigenvalue weighted by Gasteiger charge is 2.22. The number of nitrogens with zero attached hydrogens (tertiary/aromatic N) is 2.